The fourth-order valence-electron chi connectivity index (χ4n) is 6.06. The summed E-state index contributed by atoms with van der Waals surface area (Å²) < 4.78 is 61.9. The Morgan fingerprint density at radius 1 is 1.02 bits per heavy atom. The van der Waals surface area contributed by atoms with E-state index in [0.717, 1.165) is 35.4 Å². The molecule has 0 spiro atoms. The van der Waals surface area contributed by atoms with Crippen LogP contribution in [0.25, 0.3) is 0 Å². The molecule has 0 aromatic heterocycles. The third kappa shape index (κ3) is 10.8. The van der Waals surface area contributed by atoms with Gasteiger partial charge < -0.3 is 30.0 Å². The van der Waals surface area contributed by atoms with Gasteiger partial charge in [-0.1, -0.05) is 63.4 Å². The molecule has 4 atom stereocenters. The van der Waals surface area contributed by atoms with E-state index in [-0.39, 0.29) is 59.4 Å². The number of hydrogen-bond acceptors (Lipinski definition) is 9. The number of alkyl carbamates (subject to hydrolysis) is 1. The lowest BCUT2D eigenvalue weighted by molar-refractivity contribution is 0.0199. The van der Waals surface area contributed by atoms with Crippen LogP contribution in [0.2, 0.25) is 0 Å². The molecule has 3 aromatic carbocycles. The van der Waals surface area contributed by atoms with Crippen LogP contribution in [0.3, 0.4) is 0 Å². The van der Waals surface area contributed by atoms with Gasteiger partial charge in [0.2, 0.25) is 10.0 Å². The Morgan fingerprint density at radius 2 is 1.71 bits per heavy atom. The molecule has 4 rings (SSSR count). The Kier molecular flexibility index (Phi) is 13.8. The lowest BCUT2D eigenvalue weighted by Gasteiger charge is -2.49. The van der Waals surface area contributed by atoms with Gasteiger partial charge >= 0.3 is 6.09 Å². The highest BCUT2D eigenvalue weighted by Crippen LogP contribution is 2.34. The molecule has 1 unspecified atom stereocenters. The van der Waals surface area contributed by atoms with Gasteiger partial charge in [-0.15, -0.1) is 0 Å². The largest absolute Gasteiger partial charge is 0.627 e. The number of benzene rings is 3. The summed E-state index contributed by atoms with van der Waals surface area (Å²) in [6.45, 7) is 4.27. The second kappa shape index (κ2) is 17.7. The Bertz CT molecular complexity index is 1890. The molecule has 1 aliphatic heterocycles. The number of piperidine rings is 1. The van der Waals surface area contributed by atoms with Crippen molar-refractivity contribution in [3.63, 3.8) is 0 Å². The second-order valence-electron chi connectivity index (χ2n) is 13.4. The molecule has 3 aromatic rings. The van der Waals surface area contributed by atoms with Crippen LogP contribution in [0.15, 0.2) is 77.7 Å². The number of quaternary nitrogens is 1. The third-order valence-corrected chi connectivity index (χ3v) is 12.6. The van der Waals surface area contributed by atoms with E-state index in [0.29, 0.717) is 12.3 Å². The molecular formula is C37H50N4O9S2. The highest BCUT2D eigenvalue weighted by molar-refractivity contribution is 7.92. The number of ether oxygens (including phenoxy) is 2. The van der Waals surface area contributed by atoms with Gasteiger partial charge in [-0.05, 0) is 48.2 Å². The van der Waals surface area contributed by atoms with Gasteiger partial charge in [-0.3, -0.25) is 9.10 Å². The molecule has 1 fully saturated rings. The van der Waals surface area contributed by atoms with E-state index in [4.69, 9.17) is 9.47 Å². The van der Waals surface area contributed by atoms with E-state index in [1.165, 1.54) is 56.6 Å². The number of rotatable bonds is 16. The summed E-state index contributed by atoms with van der Waals surface area (Å²) in [4.78, 5) is 26.5. The molecule has 0 saturated carbocycles. The molecule has 1 heterocycles. The lowest BCUT2D eigenvalue weighted by Crippen LogP contribution is -2.62. The molecule has 0 radical (unpaired) electrons. The van der Waals surface area contributed by atoms with Crippen molar-refractivity contribution < 1.29 is 35.9 Å². The number of methoxy groups -OCH3 is 1. The Labute approximate surface area is 307 Å². The number of anilines is 2. The zero-order valence-electron chi connectivity index (χ0n) is 30.4. The number of sulfone groups is 1. The highest BCUT2D eigenvalue weighted by atomic mass is 32.2. The van der Waals surface area contributed by atoms with Crippen molar-refractivity contribution >= 4 is 48.9 Å². The van der Waals surface area contributed by atoms with Crippen molar-refractivity contribution in [2.24, 2.45) is 5.92 Å². The molecule has 2 N–H and O–H groups in total. The average molecular weight is 759 g/mol. The van der Waals surface area contributed by atoms with Crippen molar-refractivity contribution in [1.29, 1.82) is 0 Å². The molecular weight excluding hydrogens is 709 g/mol. The minimum atomic E-state index is -3.80. The maximum atomic E-state index is 14.3. The first-order valence-corrected chi connectivity index (χ1v) is 20.9. The summed E-state index contributed by atoms with van der Waals surface area (Å²) in [7, 11) is -4.57. The summed E-state index contributed by atoms with van der Waals surface area (Å²) in [6.07, 6.45) is 3.30. The maximum absolute atomic E-state index is 14.3. The number of nitrogens with zero attached hydrogens (tertiary/aromatic N) is 2. The molecule has 1 saturated heterocycles. The fourth-order valence-corrected chi connectivity index (χ4v) is 7.95. The minimum Gasteiger partial charge on any atom is -0.627 e. The van der Waals surface area contributed by atoms with E-state index in [1.54, 1.807) is 0 Å². The number of unbranched alkanes of at least 4 members (excludes halogenated alkanes) is 1. The number of hydrogen-bond donors (Lipinski definition) is 2. The molecule has 284 valence electrons. The standard InChI is InChI=1S/C37H50N4O9S2/c1-6-27(2)12-10-11-23-52(47,48)31-18-15-29(16-19-31)38-36(42)32-24-30(17-20-34(32)40(3)51(5,45)46)41(44)22-21-33(35(25-41)49-4)39-37(43)50-26-28-13-8-7-9-14-28/h7-9,13-20,24,27,33,35H,6,10-12,21-23,25-26H2,1-5H3,(H,38,42)(H,39,43)/t27-,33+,35-,41?/m1/s1. The van der Waals surface area contributed by atoms with Crippen LogP contribution in [0.1, 0.15) is 61.9 Å². The second-order valence-corrected chi connectivity index (χ2v) is 17.5. The quantitative estimate of drug-likeness (QED) is 0.103. The van der Waals surface area contributed by atoms with Crippen LogP contribution in [-0.2, 0) is 35.9 Å². The van der Waals surface area contributed by atoms with Crippen LogP contribution in [0.4, 0.5) is 21.9 Å². The number of hydroxylamine groups is 2. The maximum Gasteiger partial charge on any atom is 0.407 e. The molecule has 0 aliphatic carbocycles. The molecule has 1 aliphatic rings. The highest BCUT2D eigenvalue weighted by Gasteiger charge is 2.39. The molecule has 13 nitrogen and oxygen atoms in total. The summed E-state index contributed by atoms with van der Waals surface area (Å²) >= 11 is 0. The van der Waals surface area contributed by atoms with Gasteiger partial charge in [0.05, 0.1) is 40.7 Å². The van der Waals surface area contributed by atoms with Crippen LogP contribution >= 0.6 is 0 Å². The molecule has 52 heavy (non-hydrogen) atoms. The normalized spacial score (nSPS) is 19.7. The van der Waals surface area contributed by atoms with E-state index in [1.807, 2.05) is 30.3 Å². The third-order valence-electron chi connectivity index (χ3n) is 9.60. The number of nitrogens with one attached hydrogen (secondary N) is 2. The van der Waals surface area contributed by atoms with Crippen LogP contribution in [0, 0.1) is 11.1 Å². The van der Waals surface area contributed by atoms with Crippen LogP contribution < -0.4 is 19.6 Å². The van der Waals surface area contributed by atoms with Gasteiger partial charge in [0.15, 0.2) is 9.84 Å². The van der Waals surface area contributed by atoms with E-state index < -0.39 is 48.7 Å². The van der Waals surface area contributed by atoms with E-state index in [9.17, 15) is 31.6 Å². The Morgan fingerprint density at radius 3 is 2.35 bits per heavy atom. The average Bonchev–Trinajstić information content (AvgIpc) is 3.12. The van der Waals surface area contributed by atoms with Crippen LogP contribution in [0.5, 0.6) is 0 Å². The first kappa shape index (κ1) is 40.7. The Hall–Kier alpha value is -4.02. The summed E-state index contributed by atoms with van der Waals surface area (Å²) in [5, 5.41) is 19.8. The zero-order valence-corrected chi connectivity index (χ0v) is 32.0. The van der Waals surface area contributed by atoms with Gasteiger partial charge in [0.25, 0.3) is 5.91 Å². The predicted molar refractivity (Wildman–Crippen MR) is 203 cm³/mol. The predicted octanol–water partition coefficient (Wildman–Crippen LogP) is 5.84. The van der Waals surface area contributed by atoms with Crippen molar-refractivity contribution in [2.45, 2.75) is 69.6 Å². The van der Waals surface area contributed by atoms with Crippen molar-refractivity contribution in [3.05, 3.63) is 89.1 Å². The zero-order chi connectivity index (χ0) is 38.1. The lowest BCUT2D eigenvalue weighted by atomic mass is 9.99. The van der Waals surface area contributed by atoms with E-state index >= 15 is 0 Å². The fraction of sp³-hybridized carbons (Fsp3) is 0.459. The number of sulfonamides is 1. The first-order chi connectivity index (χ1) is 24.6. The van der Waals surface area contributed by atoms with Crippen molar-refractivity contribution in [1.82, 2.24) is 9.96 Å². The number of amides is 2. The number of carbonyl (C=O) groups is 2. The monoisotopic (exact) mass is 758 g/mol. The van der Waals surface area contributed by atoms with Gasteiger partial charge in [0, 0.05) is 38.4 Å². The van der Waals surface area contributed by atoms with Crippen molar-refractivity contribution in [3.8, 4) is 0 Å². The minimum absolute atomic E-state index is 0.0252. The van der Waals surface area contributed by atoms with Gasteiger partial charge in [-0.25, -0.2) is 21.6 Å². The molecule has 15 heteroatoms. The smallest absolute Gasteiger partial charge is 0.407 e. The van der Waals surface area contributed by atoms with Gasteiger partial charge in [0.1, 0.15) is 24.9 Å². The Balaban J connectivity index is 1.50. The number of carbonyl (C=O) groups excluding carboxylic acids is 2. The molecule has 2 amide bonds. The molecule has 0 bridgehead atoms. The van der Waals surface area contributed by atoms with E-state index in [2.05, 4.69) is 24.5 Å². The summed E-state index contributed by atoms with van der Waals surface area (Å²) in [5.74, 6) is -0.123. The SMILES string of the molecule is CC[C@@H](C)CCCCS(=O)(=O)c1ccc(NC(=O)c2cc([N+]3([O-])CC[C@H](NC(=O)OCc4ccccc4)[C@H](OC)C3)ccc2N(C)S(C)(=O)=O)cc1. The van der Waals surface area contributed by atoms with Crippen molar-refractivity contribution in [2.75, 3.05) is 48.9 Å². The first-order valence-electron chi connectivity index (χ1n) is 17.4. The van der Waals surface area contributed by atoms with Gasteiger partial charge in [-0.2, -0.15) is 0 Å². The summed E-state index contributed by atoms with van der Waals surface area (Å²) in [5.41, 5.74) is 1.28. The summed E-state index contributed by atoms with van der Waals surface area (Å²) in [6, 6.07) is 18.8. The topological polar surface area (TPSA) is 171 Å². The van der Waals surface area contributed by atoms with Crippen LogP contribution in [-0.4, -0.2) is 80.2 Å².